The zero-order valence-corrected chi connectivity index (χ0v) is 13.2. The Morgan fingerprint density at radius 3 is 2.62 bits per heavy atom. The predicted octanol–water partition coefficient (Wildman–Crippen LogP) is 2.71. The fourth-order valence-electron chi connectivity index (χ4n) is 2.48. The fourth-order valence-corrected chi connectivity index (χ4v) is 2.61. The second-order valence-electron chi connectivity index (χ2n) is 5.49. The molecule has 0 saturated carbocycles. The molecule has 5 heteroatoms. The Morgan fingerprint density at radius 1 is 1.29 bits per heavy atom. The van der Waals surface area contributed by atoms with Crippen LogP contribution in [-0.2, 0) is 4.79 Å². The molecule has 0 aromatic heterocycles. The molecule has 1 atom stereocenters. The summed E-state index contributed by atoms with van der Waals surface area (Å²) in [5.74, 6) is 0.562. The van der Waals surface area contributed by atoms with Crippen molar-refractivity contribution in [3.63, 3.8) is 0 Å². The first-order valence-electron chi connectivity index (χ1n) is 7.54. The van der Waals surface area contributed by atoms with Crippen molar-refractivity contribution in [2.45, 2.75) is 32.2 Å². The quantitative estimate of drug-likeness (QED) is 0.878. The molecule has 1 saturated heterocycles. The maximum Gasteiger partial charge on any atom is 0.257 e. The number of nitrogens with zero attached hydrogens (tertiary/aromatic N) is 1. The largest absolute Gasteiger partial charge is 0.484 e. The Morgan fingerprint density at radius 2 is 1.95 bits per heavy atom. The molecule has 21 heavy (non-hydrogen) atoms. The van der Waals surface area contributed by atoms with Crippen molar-refractivity contribution in [2.75, 3.05) is 26.2 Å². The normalized spacial score (nSPS) is 17.2. The van der Waals surface area contributed by atoms with Gasteiger partial charge in [0.2, 0.25) is 0 Å². The van der Waals surface area contributed by atoms with Gasteiger partial charge in [-0.25, -0.2) is 0 Å². The number of carbonyl (C=O) groups excluding carboxylic acids is 1. The molecule has 1 fully saturated rings. The number of piperidine rings is 1. The van der Waals surface area contributed by atoms with Gasteiger partial charge in [-0.1, -0.05) is 18.0 Å². The first kappa shape index (κ1) is 16.1. The van der Waals surface area contributed by atoms with Gasteiger partial charge in [0.15, 0.2) is 6.61 Å². The van der Waals surface area contributed by atoms with Crippen molar-refractivity contribution in [1.82, 2.24) is 10.2 Å². The van der Waals surface area contributed by atoms with E-state index in [1.54, 1.807) is 24.3 Å². The maximum absolute atomic E-state index is 11.8. The highest BCUT2D eigenvalue weighted by molar-refractivity contribution is 6.30. The minimum absolute atomic E-state index is 0.0361. The molecule has 4 nitrogen and oxygen atoms in total. The molecule has 0 spiro atoms. The van der Waals surface area contributed by atoms with Crippen molar-refractivity contribution < 1.29 is 9.53 Å². The molecule has 116 valence electrons. The highest BCUT2D eigenvalue weighted by Crippen LogP contribution is 2.15. The van der Waals surface area contributed by atoms with Crippen LogP contribution in [0, 0.1) is 0 Å². The lowest BCUT2D eigenvalue weighted by molar-refractivity contribution is -0.123. The van der Waals surface area contributed by atoms with Crippen LogP contribution < -0.4 is 10.1 Å². The van der Waals surface area contributed by atoms with Crippen molar-refractivity contribution in [3.05, 3.63) is 29.3 Å². The van der Waals surface area contributed by atoms with E-state index in [0.717, 1.165) is 13.1 Å². The monoisotopic (exact) mass is 310 g/mol. The maximum atomic E-state index is 11.8. The lowest BCUT2D eigenvalue weighted by atomic mass is 10.1. The van der Waals surface area contributed by atoms with E-state index >= 15 is 0 Å². The molecule has 1 aromatic carbocycles. The average molecular weight is 311 g/mol. The molecule has 1 amide bonds. The number of halogens is 1. The molecule has 1 heterocycles. The van der Waals surface area contributed by atoms with Gasteiger partial charge in [0.25, 0.3) is 5.91 Å². The third-order valence-electron chi connectivity index (χ3n) is 3.79. The Hall–Kier alpha value is -1.26. The molecule has 0 aliphatic carbocycles. The highest BCUT2D eigenvalue weighted by Gasteiger charge is 2.17. The van der Waals surface area contributed by atoms with Crippen LogP contribution in [0.1, 0.15) is 26.2 Å². The number of nitrogens with one attached hydrogen (secondary N) is 1. The Labute approximate surface area is 131 Å². The van der Waals surface area contributed by atoms with Crippen LogP contribution in [0.25, 0.3) is 0 Å². The second-order valence-corrected chi connectivity index (χ2v) is 5.93. The lowest BCUT2D eigenvalue weighted by Gasteiger charge is -2.32. The third-order valence-corrected chi connectivity index (χ3v) is 4.04. The van der Waals surface area contributed by atoms with Crippen LogP contribution in [0.3, 0.4) is 0 Å². The minimum atomic E-state index is -0.0891. The second kappa shape index (κ2) is 8.25. The van der Waals surface area contributed by atoms with Gasteiger partial charge in [-0.3, -0.25) is 9.69 Å². The number of rotatable bonds is 6. The van der Waals surface area contributed by atoms with Gasteiger partial charge in [-0.15, -0.1) is 0 Å². The van der Waals surface area contributed by atoms with Gasteiger partial charge in [-0.05, 0) is 57.1 Å². The molecule has 2 rings (SSSR count). The number of hydrogen-bond donors (Lipinski definition) is 1. The summed E-state index contributed by atoms with van der Waals surface area (Å²) in [6.07, 6.45) is 3.85. The summed E-state index contributed by atoms with van der Waals surface area (Å²) in [7, 11) is 0. The third kappa shape index (κ3) is 5.56. The van der Waals surface area contributed by atoms with E-state index in [-0.39, 0.29) is 12.5 Å². The van der Waals surface area contributed by atoms with Gasteiger partial charge >= 0.3 is 0 Å². The molecule has 1 aromatic rings. The predicted molar refractivity (Wildman–Crippen MR) is 84.8 cm³/mol. The summed E-state index contributed by atoms with van der Waals surface area (Å²) in [6, 6.07) is 7.38. The van der Waals surface area contributed by atoms with E-state index < -0.39 is 0 Å². The van der Waals surface area contributed by atoms with E-state index in [1.807, 2.05) is 0 Å². The van der Waals surface area contributed by atoms with Crippen LogP contribution in [0.5, 0.6) is 5.75 Å². The number of benzene rings is 1. The SMILES string of the molecule is CC(CNC(=O)COc1ccc(Cl)cc1)N1CCCCC1. The van der Waals surface area contributed by atoms with Crippen molar-refractivity contribution in [2.24, 2.45) is 0 Å². The number of likely N-dealkylation sites (tertiary alicyclic amines) is 1. The summed E-state index contributed by atoms with van der Waals surface area (Å²) in [5.41, 5.74) is 0. The van der Waals surface area contributed by atoms with E-state index in [1.165, 1.54) is 19.3 Å². The summed E-state index contributed by atoms with van der Waals surface area (Å²) in [4.78, 5) is 14.2. The molecular formula is C16H23ClN2O2. The summed E-state index contributed by atoms with van der Waals surface area (Å²) >= 11 is 5.79. The Bertz CT molecular complexity index is 444. The molecular weight excluding hydrogens is 288 g/mol. The van der Waals surface area contributed by atoms with Gasteiger partial charge in [0, 0.05) is 17.6 Å². The highest BCUT2D eigenvalue weighted by atomic mass is 35.5. The standard InChI is InChI=1S/C16H23ClN2O2/c1-13(19-9-3-2-4-10-19)11-18-16(20)12-21-15-7-5-14(17)6-8-15/h5-8,13H,2-4,9-12H2,1H3,(H,18,20). The number of ether oxygens (including phenoxy) is 1. The number of amides is 1. The number of hydrogen-bond acceptors (Lipinski definition) is 3. The average Bonchev–Trinajstić information content (AvgIpc) is 2.53. The molecule has 1 aliphatic heterocycles. The van der Waals surface area contributed by atoms with E-state index in [0.29, 0.717) is 23.4 Å². The van der Waals surface area contributed by atoms with E-state index in [2.05, 4.69) is 17.1 Å². The van der Waals surface area contributed by atoms with Crippen molar-refractivity contribution >= 4 is 17.5 Å². The molecule has 1 unspecified atom stereocenters. The first-order valence-corrected chi connectivity index (χ1v) is 7.92. The molecule has 1 N–H and O–H groups in total. The van der Waals surface area contributed by atoms with Crippen LogP contribution in [0.4, 0.5) is 0 Å². The Kier molecular flexibility index (Phi) is 6.33. The number of carbonyl (C=O) groups is 1. The van der Waals surface area contributed by atoms with Crippen molar-refractivity contribution in [3.8, 4) is 5.75 Å². The van der Waals surface area contributed by atoms with Gasteiger partial charge in [0.1, 0.15) is 5.75 Å². The molecule has 0 radical (unpaired) electrons. The van der Waals surface area contributed by atoms with Crippen LogP contribution in [0.15, 0.2) is 24.3 Å². The van der Waals surface area contributed by atoms with Gasteiger partial charge in [-0.2, -0.15) is 0 Å². The summed E-state index contributed by atoms with van der Waals surface area (Å²) < 4.78 is 5.42. The van der Waals surface area contributed by atoms with Crippen LogP contribution >= 0.6 is 11.6 Å². The van der Waals surface area contributed by atoms with Gasteiger partial charge < -0.3 is 10.1 Å². The summed E-state index contributed by atoms with van der Waals surface area (Å²) in [6.45, 7) is 5.14. The smallest absolute Gasteiger partial charge is 0.257 e. The minimum Gasteiger partial charge on any atom is -0.484 e. The zero-order valence-electron chi connectivity index (χ0n) is 12.5. The summed E-state index contributed by atoms with van der Waals surface area (Å²) in [5, 5.41) is 3.58. The van der Waals surface area contributed by atoms with Crippen molar-refractivity contribution in [1.29, 1.82) is 0 Å². The van der Waals surface area contributed by atoms with Crippen LogP contribution in [-0.4, -0.2) is 43.1 Å². The fraction of sp³-hybridized carbons (Fsp3) is 0.562. The van der Waals surface area contributed by atoms with E-state index in [4.69, 9.17) is 16.3 Å². The Balaban J connectivity index is 1.66. The van der Waals surface area contributed by atoms with E-state index in [9.17, 15) is 4.79 Å². The first-order chi connectivity index (χ1) is 10.1. The molecule has 1 aliphatic rings. The molecule has 0 bridgehead atoms. The zero-order chi connectivity index (χ0) is 15.1. The van der Waals surface area contributed by atoms with Gasteiger partial charge in [0.05, 0.1) is 0 Å². The topological polar surface area (TPSA) is 41.6 Å². The van der Waals surface area contributed by atoms with Crippen LogP contribution in [0.2, 0.25) is 5.02 Å². The lowest BCUT2D eigenvalue weighted by Crippen LogP contribution is -2.45.